The molecule has 0 aliphatic carbocycles. The van der Waals surface area contributed by atoms with Crippen molar-refractivity contribution >= 4 is 6.21 Å². The van der Waals surface area contributed by atoms with Crippen molar-refractivity contribution in [3.05, 3.63) is 30.1 Å². The number of pyridine rings is 1. The summed E-state index contributed by atoms with van der Waals surface area (Å²) in [5.41, 5.74) is 0.912. The summed E-state index contributed by atoms with van der Waals surface area (Å²) in [7, 11) is 0. The van der Waals surface area contributed by atoms with Gasteiger partial charge < -0.3 is 10.6 Å². The van der Waals surface area contributed by atoms with Gasteiger partial charge in [0, 0.05) is 32.0 Å². The van der Waals surface area contributed by atoms with Gasteiger partial charge in [0.25, 0.3) is 0 Å². The number of hydrogen-bond donors (Lipinski definition) is 2. The standard InChI is InChI=1S/C12H20N4/c1-2-13-7-8-14-9-10-15-11-12-5-3-4-6-16-12/h3-6,11,13-14H,2,7-10H2,1H3. The number of nitrogens with one attached hydrogen (secondary N) is 2. The van der Waals surface area contributed by atoms with Crippen LogP contribution in [0.1, 0.15) is 12.6 Å². The first-order valence-corrected chi connectivity index (χ1v) is 5.75. The highest BCUT2D eigenvalue weighted by Gasteiger charge is 1.86. The highest BCUT2D eigenvalue weighted by molar-refractivity contribution is 5.76. The van der Waals surface area contributed by atoms with Gasteiger partial charge >= 0.3 is 0 Å². The van der Waals surface area contributed by atoms with Crippen LogP contribution in [0, 0.1) is 0 Å². The molecular formula is C12H20N4. The Bertz CT molecular complexity index is 284. The number of rotatable bonds is 8. The summed E-state index contributed by atoms with van der Waals surface area (Å²) in [4.78, 5) is 8.45. The molecule has 0 saturated heterocycles. The number of aliphatic imine (C=N–C) groups is 1. The summed E-state index contributed by atoms with van der Waals surface area (Å²) >= 11 is 0. The van der Waals surface area contributed by atoms with E-state index in [2.05, 4.69) is 27.5 Å². The first-order chi connectivity index (χ1) is 7.93. The summed E-state index contributed by atoms with van der Waals surface area (Å²) in [6, 6.07) is 5.81. The maximum Gasteiger partial charge on any atom is 0.0807 e. The van der Waals surface area contributed by atoms with E-state index in [4.69, 9.17) is 0 Å². The Labute approximate surface area is 97.2 Å². The third kappa shape index (κ3) is 6.27. The monoisotopic (exact) mass is 220 g/mol. The van der Waals surface area contributed by atoms with Gasteiger partial charge in [-0.05, 0) is 18.7 Å². The molecule has 88 valence electrons. The van der Waals surface area contributed by atoms with E-state index in [-0.39, 0.29) is 0 Å². The van der Waals surface area contributed by atoms with E-state index in [9.17, 15) is 0 Å². The zero-order valence-corrected chi connectivity index (χ0v) is 9.82. The normalized spacial score (nSPS) is 11.1. The van der Waals surface area contributed by atoms with E-state index >= 15 is 0 Å². The minimum absolute atomic E-state index is 0.794. The molecule has 0 bridgehead atoms. The molecule has 16 heavy (non-hydrogen) atoms. The molecule has 0 fully saturated rings. The van der Waals surface area contributed by atoms with Crippen LogP contribution in [0.25, 0.3) is 0 Å². The largest absolute Gasteiger partial charge is 0.316 e. The Kier molecular flexibility index (Phi) is 7.21. The highest BCUT2D eigenvalue weighted by Crippen LogP contribution is 1.87. The number of likely N-dealkylation sites (N-methyl/N-ethyl adjacent to an activating group) is 1. The van der Waals surface area contributed by atoms with E-state index in [0.717, 1.165) is 38.4 Å². The lowest BCUT2D eigenvalue weighted by Crippen LogP contribution is -2.28. The molecule has 0 radical (unpaired) electrons. The highest BCUT2D eigenvalue weighted by atomic mass is 14.9. The van der Waals surface area contributed by atoms with Crippen molar-refractivity contribution in [1.29, 1.82) is 0 Å². The fourth-order valence-electron chi connectivity index (χ4n) is 1.23. The van der Waals surface area contributed by atoms with Crippen molar-refractivity contribution in [1.82, 2.24) is 15.6 Å². The van der Waals surface area contributed by atoms with Gasteiger partial charge in [0.2, 0.25) is 0 Å². The van der Waals surface area contributed by atoms with Crippen molar-refractivity contribution in [3.63, 3.8) is 0 Å². The zero-order chi connectivity index (χ0) is 11.5. The van der Waals surface area contributed by atoms with Crippen LogP contribution < -0.4 is 10.6 Å². The van der Waals surface area contributed by atoms with E-state index in [1.165, 1.54) is 0 Å². The lowest BCUT2D eigenvalue weighted by atomic mass is 10.4. The molecule has 4 nitrogen and oxygen atoms in total. The van der Waals surface area contributed by atoms with Crippen LogP contribution in [-0.4, -0.2) is 43.9 Å². The predicted octanol–water partition coefficient (Wildman–Crippen LogP) is 0.700. The van der Waals surface area contributed by atoms with Gasteiger partial charge in [0.15, 0.2) is 0 Å². The van der Waals surface area contributed by atoms with Crippen LogP contribution in [-0.2, 0) is 0 Å². The Morgan fingerprint density at radius 2 is 2.12 bits per heavy atom. The predicted molar refractivity (Wildman–Crippen MR) is 68.1 cm³/mol. The SMILES string of the molecule is CCNCCNCCN=Cc1ccccn1. The Hall–Kier alpha value is -1.26. The first kappa shape index (κ1) is 12.8. The molecule has 1 rings (SSSR count). The quantitative estimate of drug-likeness (QED) is 0.501. The minimum atomic E-state index is 0.794. The zero-order valence-electron chi connectivity index (χ0n) is 9.82. The fourth-order valence-corrected chi connectivity index (χ4v) is 1.23. The third-order valence-corrected chi connectivity index (χ3v) is 2.06. The number of hydrogen-bond acceptors (Lipinski definition) is 4. The van der Waals surface area contributed by atoms with Gasteiger partial charge in [-0.25, -0.2) is 0 Å². The van der Waals surface area contributed by atoms with E-state index in [1.54, 1.807) is 6.20 Å². The van der Waals surface area contributed by atoms with Crippen LogP contribution >= 0.6 is 0 Å². The molecule has 0 aliphatic heterocycles. The van der Waals surface area contributed by atoms with Crippen LogP contribution in [0.15, 0.2) is 29.4 Å². The molecule has 0 amide bonds. The first-order valence-electron chi connectivity index (χ1n) is 5.75. The van der Waals surface area contributed by atoms with Gasteiger partial charge in [-0.2, -0.15) is 0 Å². The Balaban J connectivity index is 2.01. The molecule has 1 heterocycles. The molecular weight excluding hydrogens is 200 g/mol. The van der Waals surface area contributed by atoms with Gasteiger partial charge in [0.1, 0.15) is 0 Å². The summed E-state index contributed by atoms with van der Waals surface area (Å²) in [5, 5.41) is 6.56. The van der Waals surface area contributed by atoms with Crippen molar-refractivity contribution in [2.45, 2.75) is 6.92 Å². The average molecular weight is 220 g/mol. The summed E-state index contributed by atoms with van der Waals surface area (Å²) < 4.78 is 0. The summed E-state index contributed by atoms with van der Waals surface area (Å²) in [6.07, 6.45) is 3.59. The van der Waals surface area contributed by atoms with Crippen LogP contribution in [0.3, 0.4) is 0 Å². The van der Waals surface area contributed by atoms with Crippen LogP contribution in [0.4, 0.5) is 0 Å². The molecule has 0 atom stereocenters. The maximum absolute atomic E-state index is 4.29. The van der Waals surface area contributed by atoms with Gasteiger partial charge in [-0.15, -0.1) is 0 Å². The molecule has 1 aromatic rings. The van der Waals surface area contributed by atoms with E-state index < -0.39 is 0 Å². The van der Waals surface area contributed by atoms with Crippen molar-refractivity contribution in [3.8, 4) is 0 Å². The number of aromatic nitrogens is 1. The van der Waals surface area contributed by atoms with E-state index in [0.29, 0.717) is 0 Å². The lowest BCUT2D eigenvalue weighted by Gasteiger charge is -2.02. The van der Waals surface area contributed by atoms with Gasteiger partial charge in [0.05, 0.1) is 12.2 Å². The second-order valence-electron chi connectivity index (χ2n) is 3.39. The second kappa shape index (κ2) is 9.00. The van der Waals surface area contributed by atoms with Gasteiger partial charge in [-0.1, -0.05) is 13.0 Å². The summed E-state index contributed by atoms with van der Waals surface area (Å²) in [6.45, 7) is 6.85. The lowest BCUT2D eigenvalue weighted by molar-refractivity contribution is 0.629. The molecule has 0 unspecified atom stereocenters. The maximum atomic E-state index is 4.29. The summed E-state index contributed by atoms with van der Waals surface area (Å²) in [5.74, 6) is 0. The molecule has 0 aromatic carbocycles. The Morgan fingerprint density at radius 1 is 1.25 bits per heavy atom. The number of nitrogens with zero attached hydrogens (tertiary/aromatic N) is 2. The van der Waals surface area contributed by atoms with Crippen molar-refractivity contribution in [2.24, 2.45) is 4.99 Å². The molecule has 0 spiro atoms. The Morgan fingerprint density at radius 3 is 2.88 bits per heavy atom. The molecule has 1 aromatic heterocycles. The fraction of sp³-hybridized carbons (Fsp3) is 0.500. The molecule has 0 aliphatic rings. The van der Waals surface area contributed by atoms with Crippen molar-refractivity contribution in [2.75, 3.05) is 32.7 Å². The topological polar surface area (TPSA) is 49.3 Å². The molecule has 4 heteroatoms. The third-order valence-electron chi connectivity index (χ3n) is 2.06. The van der Waals surface area contributed by atoms with E-state index in [1.807, 2.05) is 24.4 Å². The average Bonchev–Trinajstić information content (AvgIpc) is 2.34. The van der Waals surface area contributed by atoms with Crippen LogP contribution in [0.2, 0.25) is 0 Å². The second-order valence-corrected chi connectivity index (χ2v) is 3.39. The van der Waals surface area contributed by atoms with Gasteiger partial charge in [-0.3, -0.25) is 9.98 Å². The van der Waals surface area contributed by atoms with Crippen molar-refractivity contribution < 1.29 is 0 Å². The minimum Gasteiger partial charge on any atom is -0.316 e. The smallest absolute Gasteiger partial charge is 0.0807 e. The molecule has 2 N–H and O–H groups in total. The molecule has 0 saturated carbocycles. The van der Waals surface area contributed by atoms with Crippen LogP contribution in [0.5, 0.6) is 0 Å².